The van der Waals surface area contributed by atoms with Crippen LogP contribution in [0.25, 0.3) is 0 Å². The molecule has 1 fully saturated rings. The third kappa shape index (κ3) is 7.13. The third-order valence-electron chi connectivity index (χ3n) is 6.15. The van der Waals surface area contributed by atoms with Gasteiger partial charge in [-0.05, 0) is 43.2 Å². The molecule has 9 nitrogen and oxygen atoms in total. The van der Waals surface area contributed by atoms with Crippen LogP contribution >= 0.6 is 0 Å². The molecule has 190 valence electrons. The lowest BCUT2D eigenvalue weighted by molar-refractivity contribution is -0.127. The predicted molar refractivity (Wildman–Crippen MR) is 131 cm³/mol. The maximum Gasteiger partial charge on any atom is 0.437 e. The molecule has 1 aliphatic rings. The van der Waals surface area contributed by atoms with Crippen molar-refractivity contribution in [3.8, 4) is 0 Å². The summed E-state index contributed by atoms with van der Waals surface area (Å²) in [5.74, 6) is -2.20. The fraction of sp³-hybridized carbons (Fsp3) is 0.577. The maximum absolute atomic E-state index is 13.3. The summed E-state index contributed by atoms with van der Waals surface area (Å²) in [4.78, 5) is 51.4. The van der Waals surface area contributed by atoms with Gasteiger partial charge >= 0.3 is 5.76 Å². The second-order valence-corrected chi connectivity index (χ2v) is 10.1. The van der Waals surface area contributed by atoms with E-state index in [-0.39, 0.29) is 35.6 Å². The summed E-state index contributed by atoms with van der Waals surface area (Å²) in [7, 11) is 0. The van der Waals surface area contributed by atoms with Gasteiger partial charge in [0.05, 0.1) is 18.5 Å². The normalized spacial score (nSPS) is 18.9. The summed E-state index contributed by atoms with van der Waals surface area (Å²) in [6.07, 6.45) is 3.46. The van der Waals surface area contributed by atoms with Crippen LogP contribution in [0.3, 0.4) is 0 Å². The van der Waals surface area contributed by atoms with Crippen molar-refractivity contribution in [2.75, 3.05) is 0 Å². The van der Waals surface area contributed by atoms with Crippen LogP contribution in [0.5, 0.6) is 0 Å². The third-order valence-corrected chi connectivity index (χ3v) is 6.15. The van der Waals surface area contributed by atoms with E-state index in [0.29, 0.717) is 31.4 Å². The van der Waals surface area contributed by atoms with Gasteiger partial charge < -0.3 is 15.1 Å². The van der Waals surface area contributed by atoms with Crippen molar-refractivity contribution in [1.29, 1.82) is 0 Å². The van der Waals surface area contributed by atoms with Crippen LogP contribution in [-0.4, -0.2) is 39.5 Å². The average Bonchev–Trinajstić information content (AvgIpc) is 3.18. The maximum atomic E-state index is 13.3. The summed E-state index contributed by atoms with van der Waals surface area (Å²) in [6, 6.07) is 7.70. The first-order valence-electron chi connectivity index (χ1n) is 12.4. The number of Topliss-reactive ketones (excluding diaryl/α,β-unsaturated/α-hetero) is 1. The largest absolute Gasteiger partial charge is 0.437 e. The molecule has 1 aromatic carbocycles. The highest BCUT2D eigenvalue weighted by molar-refractivity contribution is 5.99. The van der Waals surface area contributed by atoms with Crippen molar-refractivity contribution in [2.45, 2.75) is 78.4 Å². The van der Waals surface area contributed by atoms with E-state index in [4.69, 9.17) is 4.42 Å². The minimum atomic E-state index is -0.875. The highest BCUT2D eigenvalue weighted by Gasteiger charge is 2.35. The van der Waals surface area contributed by atoms with Crippen molar-refractivity contribution < 1.29 is 18.8 Å². The summed E-state index contributed by atoms with van der Waals surface area (Å²) < 4.78 is 6.27. The molecule has 1 saturated carbocycles. The Morgan fingerprint density at radius 1 is 1.06 bits per heavy atom. The van der Waals surface area contributed by atoms with E-state index >= 15 is 0 Å². The predicted octanol–water partition coefficient (Wildman–Crippen LogP) is 3.19. The van der Waals surface area contributed by atoms with Gasteiger partial charge in [0.15, 0.2) is 0 Å². The second kappa shape index (κ2) is 12.0. The highest BCUT2D eigenvalue weighted by Crippen LogP contribution is 2.26. The van der Waals surface area contributed by atoms with Crippen LogP contribution in [0, 0.1) is 17.8 Å². The molecule has 1 aliphatic carbocycles. The standard InChI is InChI=1S/C26H36N4O5/c1-16(2)14-21(22(31)25-29-30(15-17(3)4)26(34)35-25)28-24(33)19-12-8-9-13-20(19)27-23(32)18-10-6-5-7-11-18/h5-7,10-11,16-17,19-21H,8-9,12-15H2,1-4H3,(H,27,32)(H,28,33)/t19-,20-,21+/m1/s1. The van der Waals surface area contributed by atoms with E-state index in [2.05, 4.69) is 15.7 Å². The molecule has 2 amide bonds. The summed E-state index contributed by atoms with van der Waals surface area (Å²) >= 11 is 0. The number of nitrogens with zero attached hydrogens (tertiary/aromatic N) is 2. The van der Waals surface area contributed by atoms with Crippen LogP contribution in [0.4, 0.5) is 0 Å². The topological polar surface area (TPSA) is 123 Å². The number of nitrogens with one attached hydrogen (secondary N) is 2. The summed E-state index contributed by atoms with van der Waals surface area (Å²) in [6.45, 7) is 8.09. The Bertz CT molecular complexity index is 1070. The van der Waals surface area contributed by atoms with Crippen LogP contribution in [-0.2, 0) is 11.3 Å². The van der Waals surface area contributed by atoms with Crippen molar-refractivity contribution in [3.05, 3.63) is 52.3 Å². The number of carbonyl (C=O) groups excluding carboxylic acids is 3. The smallest absolute Gasteiger partial charge is 0.384 e. The van der Waals surface area contributed by atoms with Crippen LogP contribution in [0.1, 0.15) is 80.8 Å². The number of ketones is 1. The monoisotopic (exact) mass is 484 g/mol. The molecule has 0 radical (unpaired) electrons. The Kier molecular flexibility index (Phi) is 9.01. The Hall–Kier alpha value is -3.23. The first-order valence-corrected chi connectivity index (χ1v) is 12.4. The Balaban J connectivity index is 1.74. The van der Waals surface area contributed by atoms with Crippen LogP contribution in [0.2, 0.25) is 0 Å². The SMILES string of the molecule is CC(C)C[C@H](NC(=O)[C@@H]1CCCC[C@H]1NC(=O)c1ccccc1)C(=O)c1nn(CC(C)C)c(=O)o1. The molecule has 0 unspecified atom stereocenters. The number of aromatic nitrogens is 2. The fourth-order valence-electron chi connectivity index (χ4n) is 4.46. The Labute approximate surface area is 205 Å². The molecular weight excluding hydrogens is 448 g/mol. The van der Waals surface area contributed by atoms with Crippen molar-refractivity contribution in [1.82, 2.24) is 20.4 Å². The molecule has 0 spiro atoms. The van der Waals surface area contributed by atoms with Crippen molar-refractivity contribution >= 4 is 17.6 Å². The lowest BCUT2D eigenvalue weighted by atomic mass is 9.83. The lowest BCUT2D eigenvalue weighted by Gasteiger charge is -2.32. The summed E-state index contributed by atoms with van der Waals surface area (Å²) in [5.41, 5.74) is 0.539. The van der Waals surface area contributed by atoms with E-state index in [1.807, 2.05) is 33.8 Å². The Morgan fingerprint density at radius 2 is 1.74 bits per heavy atom. The minimum Gasteiger partial charge on any atom is -0.384 e. The van der Waals surface area contributed by atoms with E-state index in [1.54, 1.807) is 24.3 Å². The molecular formula is C26H36N4O5. The number of rotatable bonds is 10. The molecule has 3 atom stereocenters. The molecule has 3 rings (SSSR count). The van der Waals surface area contributed by atoms with Gasteiger partial charge in [-0.3, -0.25) is 14.4 Å². The lowest BCUT2D eigenvalue weighted by Crippen LogP contribution is -2.52. The fourth-order valence-corrected chi connectivity index (χ4v) is 4.46. The molecule has 1 heterocycles. The molecule has 9 heteroatoms. The van der Waals surface area contributed by atoms with Gasteiger partial charge in [0, 0.05) is 11.6 Å². The van der Waals surface area contributed by atoms with E-state index in [1.165, 1.54) is 0 Å². The van der Waals surface area contributed by atoms with Gasteiger partial charge in [-0.1, -0.05) is 58.7 Å². The minimum absolute atomic E-state index is 0.105. The van der Waals surface area contributed by atoms with Gasteiger partial charge in [0.25, 0.3) is 11.8 Å². The molecule has 35 heavy (non-hydrogen) atoms. The van der Waals surface area contributed by atoms with Gasteiger partial charge in [0.1, 0.15) is 0 Å². The molecule has 1 aromatic heterocycles. The second-order valence-electron chi connectivity index (χ2n) is 10.1. The van der Waals surface area contributed by atoms with E-state index in [0.717, 1.165) is 17.5 Å². The zero-order chi connectivity index (χ0) is 25.5. The molecule has 0 aliphatic heterocycles. The zero-order valence-corrected chi connectivity index (χ0v) is 21.0. The zero-order valence-electron chi connectivity index (χ0n) is 21.0. The molecule has 0 saturated heterocycles. The van der Waals surface area contributed by atoms with E-state index < -0.39 is 23.5 Å². The number of hydrogen-bond acceptors (Lipinski definition) is 6. The quantitative estimate of drug-likeness (QED) is 0.499. The number of carbonyl (C=O) groups is 3. The average molecular weight is 485 g/mol. The first kappa shape index (κ1) is 26.4. The van der Waals surface area contributed by atoms with Gasteiger partial charge in [-0.2, -0.15) is 4.68 Å². The Morgan fingerprint density at radius 3 is 2.40 bits per heavy atom. The van der Waals surface area contributed by atoms with Gasteiger partial charge in [0.2, 0.25) is 11.7 Å². The summed E-state index contributed by atoms with van der Waals surface area (Å²) in [5, 5.41) is 9.95. The number of benzene rings is 1. The number of hydrogen-bond donors (Lipinski definition) is 2. The van der Waals surface area contributed by atoms with Crippen LogP contribution in [0.15, 0.2) is 39.5 Å². The molecule has 0 bridgehead atoms. The van der Waals surface area contributed by atoms with E-state index in [9.17, 15) is 19.2 Å². The number of amides is 2. The molecule has 2 N–H and O–H groups in total. The van der Waals surface area contributed by atoms with Crippen LogP contribution < -0.4 is 16.4 Å². The van der Waals surface area contributed by atoms with Gasteiger partial charge in [-0.25, -0.2) is 4.79 Å². The molecule has 2 aromatic rings. The first-order chi connectivity index (χ1) is 16.7. The highest BCUT2D eigenvalue weighted by atomic mass is 16.4. The van der Waals surface area contributed by atoms with Crippen molar-refractivity contribution in [3.63, 3.8) is 0 Å². The van der Waals surface area contributed by atoms with Gasteiger partial charge in [-0.15, -0.1) is 5.10 Å². The van der Waals surface area contributed by atoms with Crippen molar-refractivity contribution in [2.24, 2.45) is 17.8 Å².